The summed E-state index contributed by atoms with van der Waals surface area (Å²) in [6, 6.07) is 8.28. The van der Waals surface area contributed by atoms with Crippen LogP contribution in [0.25, 0.3) is 11.0 Å². The summed E-state index contributed by atoms with van der Waals surface area (Å²) in [6.07, 6.45) is 3.31. The molecule has 1 aromatic heterocycles. The normalized spacial score (nSPS) is 11.6. The lowest BCUT2D eigenvalue weighted by atomic mass is 10.3. The highest BCUT2D eigenvalue weighted by Crippen LogP contribution is 2.17. The Morgan fingerprint density at radius 3 is 2.80 bits per heavy atom. The summed E-state index contributed by atoms with van der Waals surface area (Å²) in [5.41, 5.74) is 2.27. The van der Waals surface area contributed by atoms with Crippen molar-refractivity contribution in [2.75, 3.05) is 12.5 Å². The van der Waals surface area contributed by atoms with Gasteiger partial charge in [0.1, 0.15) is 5.82 Å². The maximum Gasteiger partial charge on any atom is 0.111 e. The SMILES string of the molecule is CC(C)OCCCCn1c(CCCl)nc2ccccc21. The topological polar surface area (TPSA) is 27.1 Å². The zero-order valence-electron chi connectivity index (χ0n) is 12.3. The van der Waals surface area contributed by atoms with E-state index in [9.17, 15) is 0 Å². The minimum absolute atomic E-state index is 0.316. The molecule has 110 valence electrons. The molecule has 0 spiro atoms. The maximum absolute atomic E-state index is 5.88. The molecule has 0 amide bonds. The summed E-state index contributed by atoms with van der Waals surface area (Å²) in [4.78, 5) is 4.68. The molecule has 0 bridgehead atoms. The van der Waals surface area contributed by atoms with Crippen LogP contribution in [-0.4, -0.2) is 28.1 Å². The first-order valence-electron chi connectivity index (χ1n) is 7.34. The van der Waals surface area contributed by atoms with E-state index in [1.54, 1.807) is 0 Å². The van der Waals surface area contributed by atoms with Crippen LogP contribution in [-0.2, 0) is 17.7 Å². The number of unbranched alkanes of at least 4 members (excludes halogenated alkanes) is 1. The monoisotopic (exact) mass is 294 g/mol. The Labute approximate surface area is 125 Å². The third-order valence-electron chi connectivity index (χ3n) is 3.28. The van der Waals surface area contributed by atoms with Crippen LogP contribution in [0, 0.1) is 0 Å². The summed E-state index contributed by atoms with van der Waals surface area (Å²) < 4.78 is 7.88. The largest absolute Gasteiger partial charge is 0.379 e. The van der Waals surface area contributed by atoms with E-state index in [4.69, 9.17) is 16.3 Å². The molecule has 0 aliphatic rings. The van der Waals surface area contributed by atoms with Gasteiger partial charge in [-0.25, -0.2) is 4.98 Å². The molecule has 4 heteroatoms. The molecule has 0 radical (unpaired) electrons. The molecule has 1 heterocycles. The Morgan fingerprint density at radius 2 is 2.05 bits per heavy atom. The number of ether oxygens (including phenoxy) is 1. The van der Waals surface area contributed by atoms with Gasteiger partial charge in [-0.3, -0.25) is 0 Å². The number of alkyl halides is 1. The molecule has 2 rings (SSSR count). The summed E-state index contributed by atoms with van der Waals surface area (Å²) >= 11 is 5.88. The van der Waals surface area contributed by atoms with Crippen molar-refractivity contribution >= 4 is 22.6 Å². The summed E-state index contributed by atoms with van der Waals surface area (Å²) in [7, 11) is 0. The highest BCUT2D eigenvalue weighted by molar-refractivity contribution is 6.17. The lowest BCUT2D eigenvalue weighted by Gasteiger charge is -2.10. The lowest BCUT2D eigenvalue weighted by Crippen LogP contribution is -2.08. The van der Waals surface area contributed by atoms with Crippen LogP contribution < -0.4 is 0 Å². The maximum atomic E-state index is 5.88. The van der Waals surface area contributed by atoms with Crippen molar-refractivity contribution in [1.82, 2.24) is 9.55 Å². The highest BCUT2D eigenvalue weighted by atomic mass is 35.5. The Hall–Kier alpha value is -1.06. The van der Waals surface area contributed by atoms with E-state index in [0.29, 0.717) is 12.0 Å². The second-order valence-electron chi connectivity index (χ2n) is 5.23. The number of fused-ring (bicyclic) bond motifs is 1. The first-order valence-corrected chi connectivity index (χ1v) is 7.87. The molecule has 0 aliphatic carbocycles. The standard InChI is InChI=1S/C16H23ClN2O/c1-13(2)20-12-6-5-11-19-15-8-4-3-7-14(15)18-16(19)9-10-17/h3-4,7-8,13H,5-6,9-12H2,1-2H3. The average Bonchev–Trinajstić information content (AvgIpc) is 2.76. The molecule has 0 unspecified atom stereocenters. The fourth-order valence-corrected chi connectivity index (χ4v) is 2.51. The Bertz CT molecular complexity index is 536. The number of para-hydroxylation sites is 2. The van der Waals surface area contributed by atoms with Crippen LogP contribution >= 0.6 is 11.6 Å². The third kappa shape index (κ3) is 3.97. The highest BCUT2D eigenvalue weighted by Gasteiger charge is 2.09. The fraction of sp³-hybridized carbons (Fsp3) is 0.562. The van der Waals surface area contributed by atoms with E-state index in [2.05, 4.69) is 41.6 Å². The number of halogens is 1. The molecular weight excluding hydrogens is 272 g/mol. The van der Waals surface area contributed by atoms with Gasteiger partial charge in [0.05, 0.1) is 17.1 Å². The van der Waals surface area contributed by atoms with Gasteiger partial charge in [0, 0.05) is 25.5 Å². The predicted octanol–water partition coefficient (Wildman–Crippen LogP) is 4.02. The number of nitrogens with zero attached hydrogens (tertiary/aromatic N) is 2. The van der Waals surface area contributed by atoms with Crippen molar-refractivity contribution in [2.24, 2.45) is 0 Å². The van der Waals surface area contributed by atoms with Gasteiger partial charge in [0.2, 0.25) is 0 Å². The summed E-state index contributed by atoms with van der Waals surface area (Å²) in [5.74, 6) is 1.70. The second kappa shape index (κ2) is 7.65. The molecule has 0 fully saturated rings. The lowest BCUT2D eigenvalue weighted by molar-refractivity contribution is 0.0754. The van der Waals surface area contributed by atoms with Gasteiger partial charge in [-0.2, -0.15) is 0 Å². The van der Waals surface area contributed by atoms with Crippen molar-refractivity contribution < 1.29 is 4.74 Å². The molecule has 1 aromatic carbocycles. The van der Waals surface area contributed by atoms with E-state index in [1.165, 1.54) is 5.52 Å². The van der Waals surface area contributed by atoms with E-state index in [-0.39, 0.29) is 0 Å². The quantitative estimate of drug-likeness (QED) is 0.543. The smallest absolute Gasteiger partial charge is 0.111 e. The molecule has 0 saturated carbocycles. The first-order chi connectivity index (χ1) is 9.72. The van der Waals surface area contributed by atoms with Crippen LogP contribution in [0.2, 0.25) is 0 Å². The molecule has 2 aromatic rings. The fourth-order valence-electron chi connectivity index (χ4n) is 2.34. The van der Waals surface area contributed by atoms with Crippen LogP contribution in [0.5, 0.6) is 0 Å². The number of hydrogen-bond donors (Lipinski definition) is 0. The number of imidazole rings is 1. The van der Waals surface area contributed by atoms with Crippen molar-refractivity contribution in [1.29, 1.82) is 0 Å². The molecule has 0 saturated heterocycles. The van der Waals surface area contributed by atoms with Crippen molar-refractivity contribution in [3.05, 3.63) is 30.1 Å². The average molecular weight is 295 g/mol. The molecule has 3 nitrogen and oxygen atoms in total. The predicted molar refractivity (Wildman–Crippen MR) is 84.5 cm³/mol. The van der Waals surface area contributed by atoms with Gasteiger partial charge in [0.15, 0.2) is 0 Å². The third-order valence-corrected chi connectivity index (χ3v) is 3.47. The number of benzene rings is 1. The van der Waals surface area contributed by atoms with Crippen LogP contribution in [0.15, 0.2) is 24.3 Å². The van der Waals surface area contributed by atoms with E-state index in [0.717, 1.165) is 43.8 Å². The molecule has 0 atom stereocenters. The van der Waals surface area contributed by atoms with Gasteiger partial charge in [0.25, 0.3) is 0 Å². The Balaban J connectivity index is 2.01. The molecule has 0 aliphatic heterocycles. The number of hydrogen-bond acceptors (Lipinski definition) is 2. The summed E-state index contributed by atoms with van der Waals surface area (Å²) in [5, 5.41) is 0. The van der Waals surface area contributed by atoms with E-state index >= 15 is 0 Å². The minimum Gasteiger partial charge on any atom is -0.379 e. The molecule has 0 N–H and O–H groups in total. The van der Waals surface area contributed by atoms with E-state index in [1.807, 2.05) is 6.07 Å². The van der Waals surface area contributed by atoms with Crippen molar-refractivity contribution in [2.45, 2.75) is 45.8 Å². The number of aromatic nitrogens is 2. The zero-order valence-corrected chi connectivity index (χ0v) is 13.1. The van der Waals surface area contributed by atoms with Gasteiger partial charge in [-0.15, -0.1) is 11.6 Å². The van der Waals surface area contributed by atoms with Crippen molar-refractivity contribution in [3.8, 4) is 0 Å². The van der Waals surface area contributed by atoms with Gasteiger partial charge in [-0.1, -0.05) is 12.1 Å². The minimum atomic E-state index is 0.316. The van der Waals surface area contributed by atoms with Crippen LogP contribution in [0.4, 0.5) is 0 Å². The van der Waals surface area contributed by atoms with E-state index < -0.39 is 0 Å². The Kier molecular flexibility index (Phi) is 5.86. The molecular formula is C16H23ClN2O. The van der Waals surface area contributed by atoms with Crippen LogP contribution in [0.3, 0.4) is 0 Å². The summed E-state index contributed by atoms with van der Waals surface area (Å²) in [6.45, 7) is 5.95. The first kappa shape index (κ1) is 15.3. The van der Waals surface area contributed by atoms with Gasteiger partial charge >= 0.3 is 0 Å². The molecule has 20 heavy (non-hydrogen) atoms. The van der Waals surface area contributed by atoms with Gasteiger partial charge in [-0.05, 0) is 38.8 Å². The second-order valence-corrected chi connectivity index (χ2v) is 5.61. The Morgan fingerprint density at radius 1 is 1.25 bits per heavy atom. The van der Waals surface area contributed by atoms with Gasteiger partial charge < -0.3 is 9.30 Å². The number of rotatable bonds is 8. The van der Waals surface area contributed by atoms with Crippen molar-refractivity contribution in [3.63, 3.8) is 0 Å². The zero-order chi connectivity index (χ0) is 14.4. The number of aryl methyl sites for hydroxylation is 2. The van der Waals surface area contributed by atoms with Crippen LogP contribution in [0.1, 0.15) is 32.5 Å².